The van der Waals surface area contributed by atoms with Gasteiger partial charge in [-0.25, -0.2) is 4.99 Å². The molecule has 0 unspecified atom stereocenters. The highest BCUT2D eigenvalue weighted by Gasteiger charge is 2.37. The molecule has 2 aromatic rings. The molecule has 0 bridgehead atoms. The van der Waals surface area contributed by atoms with Crippen LogP contribution in [0.15, 0.2) is 52.4 Å². The number of halogens is 3. The number of nitrogens with zero attached hydrogens (tertiary/aromatic N) is 2. The van der Waals surface area contributed by atoms with Crippen LogP contribution in [0.5, 0.6) is 11.5 Å². The first-order valence-electron chi connectivity index (χ1n) is 7.07. The van der Waals surface area contributed by atoms with E-state index in [1.165, 1.54) is 25.3 Å². The lowest BCUT2D eigenvalue weighted by Crippen LogP contribution is -2.25. The Bertz CT molecular complexity index is 842. The lowest BCUT2D eigenvalue weighted by Gasteiger charge is -2.12. The number of aromatic hydroxyl groups is 1. The SMILES string of the molecule is COc1ccc(C2=Nc3ccccc3N=C(C(F)(F)F)C2)c(O)c1. The molecule has 24 heavy (non-hydrogen) atoms. The van der Waals surface area contributed by atoms with Crippen molar-refractivity contribution in [3.05, 3.63) is 48.0 Å². The molecule has 1 aliphatic heterocycles. The van der Waals surface area contributed by atoms with Crippen LogP contribution in [-0.4, -0.2) is 29.8 Å². The topological polar surface area (TPSA) is 54.2 Å². The Balaban J connectivity index is 2.15. The third-order valence-corrected chi connectivity index (χ3v) is 3.57. The number of ether oxygens (including phenoxy) is 1. The second kappa shape index (κ2) is 5.99. The van der Waals surface area contributed by atoms with E-state index in [9.17, 15) is 18.3 Å². The molecule has 0 saturated carbocycles. The fourth-order valence-electron chi connectivity index (χ4n) is 2.38. The molecule has 1 N–H and O–H groups in total. The molecule has 0 amide bonds. The highest BCUT2D eigenvalue weighted by atomic mass is 19.4. The smallest absolute Gasteiger partial charge is 0.429 e. The Hall–Kier alpha value is -2.83. The summed E-state index contributed by atoms with van der Waals surface area (Å²) in [6.07, 6.45) is -5.11. The quantitative estimate of drug-likeness (QED) is 0.875. The van der Waals surface area contributed by atoms with Crippen LogP contribution in [0.2, 0.25) is 0 Å². The van der Waals surface area contributed by atoms with Crippen molar-refractivity contribution in [3.8, 4) is 11.5 Å². The Labute approximate surface area is 136 Å². The summed E-state index contributed by atoms with van der Waals surface area (Å²) in [5.74, 6) is 0.199. The molecule has 124 valence electrons. The van der Waals surface area contributed by atoms with Crippen molar-refractivity contribution in [1.82, 2.24) is 0 Å². The summed E-state index contributed by atoms with van der Waals surface area (Å²) in [7, 11) is 1.43. The van der Waals surface area contributed by atoms with Gasteiger partial charge >= 0.3 is 6.18 Å². The molecule has 1 aliphatic rings. The zero-order chi connectivity index (χ0) is 17.3. The van der Waals surface area contributed by atoms with Crippen LogP contribution in [0.4, 0.5) is 24.5 Å². The summed E-state index contributed by atoms with van der Waals surface area (Å²) in [6.45, 7) is 0. The molecule has 1 heterocycles. The van der Waals surface area contributed by atoms with Gasteiger partial charge in [0.2, 0.25) is 0 Å². The molecule has 7 heteroatoms. The van der Waals surface area contributed by atoms with E-state index in [0.717, 1.165) is 0 Å². The van der Waals surface area contributed by atoms with Gasteiger partial charge in [0.1, 0.15) is 17.2 Å². The zero-order valence-electron chi connectivity index (χ0n) is 12.6. The van der Waals surface area contributed by atoms with E-state index in [2.05, 4.69) is 9.98 Å². The first-order valence-corrected chi connectivity index (χ1v) is 7.07. The lowest BCUT2D eigenvalue weighted by molar-refractivity contribution is -0.0596. The maximum atomic E-state index is 13.3. The van der Waals surface area contributed by atoms with Crippen molar-refractivity contribution < 1.29 is 23.0 Å². The van der Waals surface area contributed by atoms with Gasteiger partial charge in [-0.1, -0.05) is 12.1 Å². The lowest BCUT2D eigenvalue weighted by atomic mass is 10.0. The van der Waals surface area contributed by atoms with E-state index in [4.69, 9.17) is 4.74 Å². The van der Waals surface area contributed by atoms with Gasteiger partial charge in [-0.2, -0.15) is 13.2 Å². The van der Waals surface area contributed by atoms with Gasteiger partial charge in [0.25, 0.3) is 0 Å². The number of para-hydroxylation sites is 2. The monoisotopic (exact) mass is 334 g/mol. The van der Waals surface area contributed by atoms with Crippen LogP contribution >= 0.6 is 0 Å². The Morgan fingerprint density at radius 3 is 2.29 bits per heavy atom. The third-order valence-electron chi connectivity index (χ3n) is 3.57. The van der Waals surface area contributed by atoms with E-state index in [0.29, 0.717) is 11.4 Å². The minimum absolute atomic E-state index is 0.0937. The van der Waals surface area contributed by atoms with E-state index in [1.54, 1.807) is 24.3 Å². The number of rotatable bonds is 2. The van der Waals surface area contributed by atoms with Gasteiger partial charge in [-0.15, -0.1) is 0 Å². The van der Waals surface area contributed by atoms with E-state index in [1.807, 2.05) is 0 Å². The van der Waals surface area contributed by atoms with Crippen LogP contribution in [0.25, 0.3) is 0 Å². The molecule has 2 aromatic carbocycles. The largest absolute Gasteiger partial charge is 0.507 e. The van der Waals surface area contributed by atoms with Crippen LogP contribution in [-0.2, 0) is 0 Å². The van der Waals surface area contributed by atoms with Crippen LogP contribution < -0.4 is 4.74 Å². The van der Waals surface area contributed by atoms with Crippen LogP contribution in [0.1, 0.15) is 12.0 Å². The summed E-state index contributed by atoms with van der Waals surface area (Å²) < 4.78 is 44.8. The molecular formula is C17H13F3N2O2. The molecule has 4 nitrogen and oxygen atoms in total. The number of phenolic OH excluding ortho intramolecular Hbond substituents is 1. The molecular weight excluding hydrogens is 321 g/mol. The molecule has 0 aliphatic carbocycles. The zero-order valence-corrected chi connectivity index (χ0v) is 12.6. The Kier molecular flexibility index (Phi) is 4.01. The molecule has 0 fully saturated rings. The second-order valence-corrected chi connectivity index (χ2v) is 5.16. The highest BCUT2D eigenvalue weighted by molar-refractivity contribution is 6.17. The summed E-state index contributed by atoms with van der Waals surface area (Å²) in [5, 5.41) is 10.1. The normalized spacial score (nSPS) is 14.3. The van der Waals surface area contributed by atoms with Crippen LogP contribution in [0.3, 0.4) is 0 Å². The van der Waals surface area contributed by atoms with Gasteiger partial charge < -0.3 is 9.84 Å². The van der Waals surface area contributed by atoms with Crippen molar-refractivity contribution in [2.75, 3.05) is 7.11 Å². The number of fused-ring (bicyclic) bond motifs is 1. The minimum Gasteiger partial charge on any atom is -0.507 e. The number of phenols is 1. The van der Waals surface area contributed by atoms with E-state index in [-0.39, 0.29) is 22.7 Å². The standard InChI is InChI=1S/C17H13F3N2O2/c1-24-10-6-7-11(15(23)8-10)14-9-16(17(18,19)20)22-13-5-3-2-4-12(13)21-14/h2-8,23H,9H2,1H3. The predicted molar refractivity (Wildman–Crippen MR) is 85.1 cm³/mol. The molecule has 3 rings (SSSR count). The van der Waals surface area contributed by atoms with Gasteiger partial charge in [-0.3, -0.25) is 4.99 Å². The number of aliphatic imine (C=N–C) groups is 2. The van der Waals surface area contributed by atoms with Crippen molar-refractivity contribution in [1.29, 1.82) is 0 Å². The number of hydrogen-bond acceptors (Lipinski definition) is 4. The number of hydrogen-bond donors (Lipinski definition) is 1. The summed E-state index contributed by atoms with van der Waals surface area (Å²) in [4.78, 5) is 8.01. The maximum absolute atomic E-state index is 13.3. The summed E-state index contributed by atoms with van der Waals surface area (Å²) in [6, 6.07) is 10.7. The molecule has 0 atom stereocenters. The van der Waals surface area contributed by atoms with Crippen LogP contribution in [0, 0.1) is 0 Å². The number of benzene rings is 2. The molecule has 0 spiro atoms. The van der Waals surface area contributed by atoms with Crippen molar-refractivity contribution in [2.45, 2.75) is 12.6 Å². The first kappa shape index (κ1) is 16.0. The minimum atomic E-state index is -4.58. The molecule has 0 radical (unpaired) electrons. The number of methoxy groups -OCH3 is 1. The average Bonchev–Trinajstić information content (AvgIpc) is 2.73. The van der Waals surface area contributed by atoms with Gasteiger partial charge in [0.05, 0.1) is 24.2 Å². The summed E-state index contributed by atoms with van der Waals surface area (Å²) in [5.41, 5.74) is -0.183. The van der Waals surface area contributed by atoms with Crippen molar-refractivity contribution in [2.24, 2.45) is 9.98 Å². The Morgan fingerprint density at radius 1 is 1.04 bits per heavy atom. The van der Waals surface area contributed by atoms with Gasteiger partial charge in [0.15, 0.2) is 0 Å². The fraction of sp³-hybridized carbons (Fsp3) is 0.176. The van der Waals surface area contributed by atoms with Gasteiger partial charge in [-0.05, 0) is 24.3 Å². The average molecular weight is 334 g/mol. The van der Waals surface area contributed by atoms with E-state index < -0.39 is 18.3 Å². The summed E-state index contributed by atoms with van der Waals surface area (Å²) >= 11 is 0. The fourth-order valence-corrected chi connectivity index (χ4v) is 2.38. The first-order chi connectivity index (χ1) is 11.4. The predicted octanol–water partition coefficient (Wildman–Crippen LogP) is 4.56. The maximum Gasteiger partial charge on any atom is 0.429 e. The van der Waals surface area contributed by atoms with Crippen molar-refractivity contribution in [3.63, 3.8) is 0 Å². The highest BCUT2D eigenvalue weighted by Crippen LogP contribution is 2.36. The third kappa shape index (κ3) is 3.10. The number of alkyl halides is 3. The molecule has 0 saturated heterocycles. The van der Waals surface area contributed by atoms with E-state index >= 15 is 0 Å². The second-order valence-electron chi connectivity index (χ2n) is 5.16. The van der Waals surface area contributed by atoms with Crippen molar-refractivity contribution >= 4 is 22.8 Å². The Morgan fingerprint density at radius 2 is 1.71 bits per heavy atom. The van der Waals surface area contributed by atoms with Gasteiger partial charge in [0, 0.05) is 18.1 Å². The molecule has 0 aromatic heterocycles.